The van der Waals surface area contributed by atoms with E-state index in [0.717, 1.165) is 45.3 Å². The van der Waals surface area contributed by atoms with E-state index in [9.17, 15) is 4.79 Å². The zero-order chi connectivity index (χ0) is 7.23. The number of hydrogen-bond acceptors (Lipinski definition) is 2. The van der Waals surface area contributed by atoms with Crippen LogP contribution in [0.4, 0.5) is 0 Å². The number of carbonyl (C=O) groups excluding carboxylic acids is 1. The predicted octanol–water partition coefficient (Wildman–Crippen LogP) is 1.54. The van der Waals surface area contributed by atoms with Gasteiger partial charge in [-0.2, -0.15) is 0 Å². The molecule has 10 heavy (non-hydrogen) atoms. The third-order valence-electron chi connectivity index (χ3n) is 1.74. The Balaban J connectivity index is 2.21. The molecule has 0 aromatic heterocycles. The first kappa shape index (κ1) is 7.73. The molecule has 0 saturated carbocycles. The Bertz CT molecular complexity index is 97.8. The van der Waals surface area contributed by atoms with Gasteiger partial charge in [-0.1, -0.05) is 0 Å². The van der Waals surface area contributed by atoms with Gasteiger partial charge in [0.15, 0.2) is 0 Å². The molecule has 0 spiro atoms. The normalized spacial score (nSPS) is 23.0. The maximum Gasteiger partial charge on any atom is 0.133 e. The van der Waals surface area contributed by atoms with Crippen molar-refractivity contribution in [3.63, 3.8) is 0 Å². The second-order valence-corrected chi connectivity index (χ2v) is 2.71. The number of ether oxygens (including phenoxy) is 1. The summed E-state index contributed by atoms with van der Waals surface area (Å²) in [4.78, 5) is 10.9. The van der Waals surface area contributed by atoms with Gasteiger partial charge >= 0.3 is 0 Å². The molecular formula is C8H14O2. The summed E-state index contributed by atoms with van der Waals surface area (Å²) in [6, 6.07) is 0. The summed E-state index contributed by atoms with van der Waals surface area (Å²) in [7, 11) is 0. The van der Waals surface area contributed by atoms with E-state index in [1.807, 2.05) is 0 Å². The topological polar surface area (TPSA) is 26.3 Å². The molecule has 2 nitrogen and oxygen atoms in total. The molecule has 1 heterocycles. The smallest absolute Gasteiger partial charge is 0.133 e. The monoisotopic (exact) mass is 142 g/mol. The summed E-state index contributed by atoms with van der Waals surface area (Å²) < 4.78 is 5.25. The van der Waals surface area contributed by atoms with Gasteiger partial charge in [0.25, 0.3) is 0 Å². The van der Waals surface area contributed by atoms with Crippen LogP contribution in [-0.2, 0) is 9.53 Å². The first-order valence-corrected chi connectivity index (χ1v) is 3.99. The minimum atomic E-state index is 0.408. The van der Waals surface area contributed by atoms with Gasteiger partial charge in [0.1, 0.15) is 5.78 Å². The van der Waals surface area contributed by atoms with Crippen molar-refractivity contribution in [1.29, 1.82) is 0 Å². The largest absolute Gasteiger partial charge is 0.381 e. The van der Waals surface area contributed by atoms with Crippen molar-refractivity contribution in [1.82, 2.24) is 0 Å². The molecule has 1 aliphatic rings. The first-order valence-electron chi connectivity index (χ1n) is 3.99. The molecular weight excluding hydrogens is 128 g/mol. The maximum absolute atomic E-state index is 10.9. The minimum Gasteiger partial charge on any atom is -0.381 e. The molecule has 0 bridgehead atoms. The SMILES string of the molecule is O=C1CCCCOCCC1. The lowest BCUT2D eigenvalue weighted by Gasteiger charge is -1.97. The molecule has 0 N–H and O–H groups in total. The fraction of sp³-hybridized carbons (Fsp3) is 0.875. The fourth-order valence-electron chi connectivity index (χ4n) is 1.12. The standard InChI is InChI=1S/C8H14O2/c9-8-4-1-2-6-10-7-3-5-8/h1-7H2. The lowest BCUT2D eigenvalue weighted by atomic mass is 10.1. The van der Waals surface area contributed by atoms with E-state index in [4.69, 9.17) is 4.74 Å². The summed E-state index contributed by atoms with van der Waals surface area (Å²) in [5, 5.41) is 0. The van der Waals surface area contributed by atoms with Gasteiger partial charge in [-0.15, -0.1) is 0 Å². The number of hydrogen-bond donors (Lipinski definition) is 0. The minimum absolute atomic E-state index is 0.408. The van der Waals surface area contributed by atoms with Gasteiger partial charge in [-0.05, 0) is 19.3 Å². The van der Waals surface area contributed by atoms with Crippen LogP contribution in [0.25, 0.3) is 0 Å². The fourth-order valence-corrected chi connectivity index (χ4v) is 1.12. The van der Waals surface area contributed by atoms with Gasteiger partial charge < -0.3 is 4.74 Å². The molecule has 1 saturated heterocycles. The lowest BCUT2D eigenvalue weighted by molar-refractivity contribution is -0.119. The van der Waals surface area contributed by atoms with E-state index in [0.29, 0.717) is 5.78 Å². The van der Waals surface area contributed by atoms with E-state index in [2.05, 4.69) is 0 Å². The predicted molar refractivity (Wildman–Crippen MR) is 38.9 cm³/mol. The van der Waals surface area contributed by atoms with Crippen molar-refractivity contribution < 1.29 is 9.53 Å². The highest BCUT2D eigenvalue weighted by molar-refractivity contribution is 5.78. The molecule has 0 amide bonds. The molecule has 0 unspecified atom stereocenters. The van der Waals surface area contributed by atoms with E-state index < -0.39 is 0 Å². The summed E-state index contributed by atoms with van der Waals surface area (Å²) in [5.74, 6) is 0.408. The maximum atomic E-state index is 10.9. The molecule has 58 valence electrons. The van der Waals surface area contributed by atoms with Gasteiger partial charge in [0.05, 0.1) is 0 Å². The van der Waals surface area contributed by atoms with Crippen molar-refractivity contribution in [2.45, 2.75) is 32.1 Å². The Morgan fingerprint density at radius 3 is 2.60 bits per heavy atom. The molecule has 1 fully saturated rings. The third-order valence-corrected chi connectivity index (χ3v) is 1.74. The van der Waals surface area contributed by atoms with Crippen LogP contribution in [0.15, 0.2) is 0 Å². The van der Waals surface area contributed by atoms with Crippen LogP contribution < -0.4 is 0 Å². The molecule has 1 rings (SSSR count). The molecule has 2 heteroatoms. The van der Waals surface area contributed by atoms with Crippen molar-refractivity contribution in [2.24, 2.45) is 0 Å². The van der Waals surface area contributed by atoms with Crippen LogP contribution in [0.5, 0.6) is 0 Å². The molecule has 0 aromatic rings. The second kappa shape index (κ2) is 4.45. The zero-order valence-corrected chi connectivity index (χ0v) is 6.27. The van der Waals surface area contributed by atoms with Crippen molar-refractivity contribution in [2.75, 3.05) is 13.2 Å². The zero-order valence-electron chi connectivity index (χ0n) is 6.27. The Hall–Kier alpha value is -0.370. The van der Waals surface area contributed by atoms with Crippen LogP contribution in [0, 0.1) is 0 Å². The quantitative estimate of drug-likeness (QED) is 0.512. The average molecular weight is 142 g/mol. The van der Waals surface area contributed by atoms with Crippen LogP contribution in [0.3, 0.4) is 0 Å². The Labute approximate surface area is 61.6 Å². The Kier molecular flexibility index (Phi) is 3.44. The van der Waals surface area contributed by atoms with E-state index in [1.165, 1.54) is 0 Å². The van der Waals surface area contributed by atoms with Crippen LogP contribution in [0.2, 0.25) is 0 Å². The average Bonchev–Trinajstić information content (AvgIpc) is 2.02. The molecule has 0 aliphatic carbocycles. The van der Waals surface area contributed by atoms with E-state index in [-0.39, 0.29) is 0 Å². The number of Topliss-reactive ketones (excluding diaryl/α,β-unsaturated/α-hetero) is 1. The number of ketones is 1. The molecule has 1 aliphatic heterocycles. The molecule has 0 atom stereocenters. The van der Waals surface area contributed by atoms with Gasteiger partial charge in [-0.25, -0.2) is 0 Å². The highest BCUT2D eigenvalue weighted by atomic mass is 16.5. The summed E-state index contributed by atoms with van der Waals surface area (Å²) in [6.45, 7) is 1.61. The molecule has 0 aromatic carbocycles. The van der Waals surface area contributed by atoms with Crippen molar-refractivity contribution >= 4 is 5.78 Å². The summed E-state index contributed by atoms with van der Waals surface area (Å²) in [5.41, 5.74) is 0. The lowest BCUT2D eigenvalue weighted by Crippen LogP contribution is -1.97. The highest BCUT2D eigenvalue weighted by Gasteiger charge is 2.03. The highest BCUT2D eigenvalue weighted by Crippen LogP contribution is 2.05. The van der Waals surface area contributed by atoms with Crippen LogP contribution >= 0.6 is 0 Å². The van der Waals surface area contributed by atoms with E-state index >= 15 is 0 Å². The van der Waals surface area contributed by atoms with Crippen molar-refractivity contribution in [3.05, 3.63) is 0 Å². The summed E-state index contributed by atoms with van der Waals surface area (Å²) in [6.07, 6.45) is 4.47. The van der Waals surface area contributed by atoms with Crippen molar-refractivity contribution in [3.8, 4) is 0 Å². The van der Waals surface area contributed by atoms with Gasteiger partial charge in [-0.3, -0.25) is 4.79 Å². The number of rotatable bonds is 0. The molecule has 0 radical (unpaired) electrons. The Morgan fingerprint density at radius 1 is 1.00 bits per heavy atom. The first-order chi connectivity index (χ1) is 4.89. The van der Waals surface area contributed by atoms with Gasteiger partial charge in [0.2, 0.25) is 0 Å². The third kappa shape index (κ3) is 2.97. The van der Waals surface area contributed by atoms with E-state index in [1.54, 1.807) is 0 Å². The summed E-state index contributed by atoms with van der Waals surface area (Å²) >= 11 is 0. The van der Waals surface area contributed by atoms with Crippen LogP contribution in [0.1, 0.15) is 32.1 Å². The Morgan fingerprint density at radius 2 is 1.70 bits per heavy atom. The second-order valence-electron chi connectivity index (χ2n) is 2.71. The van der Waals surface area contributed by atoms with Gasteiger partial charge in [0, 0.05) is 26.1 Å². The number of carbonyl (C=O) groups is 1. The van der Waals surface area contributed by atoms with Crippen LogP contribution in [-0.4, -0.2) is 19.0 Å².